The Bertz CT molecular complexity index is 649. The fraction of sp³-hybridized carbons (Fsp3) is 0.600. The zero-order valence-corrected chi connectivity index (χ0v) is 15.6. The molecule has 3 atom stereocenters. The van der Waals surface area contributed by atoms with Gasteiger partial charge in [0.25, 0.3) is 0 Å². The van der Waals surface area contributed by atoms with Crippen LogP contribution in [-0.2, 0) is 11.2 Å². The van der Waals surface area contributed by atoms with Crippen molar-refractivity contribution in [2.75, 3.05) is 33.7 Å². The van der Waals surface area contributed by atoms with E-state index in [2.05, 4.69) is 22.3 Å². The van der Waals surface area contributed by atoms with E-state index in [4.69, 9.17) is 0 Å². The normalized spacial score (nSPS) is 26.0. The number of carboxylic acids is 1. The van der Waals surface area contributed by atoms with Gasteiger partial charge in [-0.2, -0.15) is 0 Å². The molecule has 1 aliphatic heterocycles. The van der Waals surface area contributed by atoms with Gasteiger partial charge >= 0.3 is 12.0 Å². The Labute approximate surface area is 155 Å². The summed E-state index contributed by atoms with van der Waals surface area (Å²) in [5, 5.41) is 12.8. The molecule has 0 aromatic heterocycles. The maximum atomic E-state index is 12.8. The van der Waals surface area contributed by atoms with E-state index >= 15 is 0 Å². The van der Waals surface area contributed by atoms with Gasteiger partial charge in [-0.3, -0.25) is 4.79 Å². The Balaban J connectivity index is 1.65. The molecule has 1 aromatic carbocycles. The zero-order chi connectivity index (χ0) is 18.7. The van der Waals surface area contributed by atoms with Gasteiger partial charge in [0.05, 0.1) is 5.41 Å². The third-order valence-electron chi connectivity index (χ3n) is 5.82. The quantitative estimate of drug-likeness (QED) is 0.815. The molecule has 142 valence electrons. The van der Waals surface area contributed by atoms with Gasteiger partial charge in [0, 0.05) is 25.7 Å². The van der Waals surface area contributed by atoms with Gasteiger partial charge in [0.1, 0.15) is 0 Å². The minimum atomic E-state index is -0.746. The molecular weight excluding hydrogens is 330 g/mol. The maximum absolute atomic E-state index is 12.8. The van der Waals surface area contributed by atoms with Crippen LogP contribution < -0.4 is 5.32 Å². The standard InChI is InChI=1S/C20H29N3O3/c1-22(2)13-17(11-15-7-4-3-5-8-15)21-19(26)23-12-16-9-6-10-20(16,14-23)18(24)25/h3-5,7-8,16-17H,6,9-14H2,1-2H3,(H,21,26)(H,24,25)/t16-,17?,20+/m0/s1. The van der Waals surface area contributed by atoms with Crippen LogP contribution in [0.4, 0.5) is 4.79 Å². The number of amides is 2. The highest BCUT2D eigenvalue weighted by atomic mass is 16.4. The topological polar surface area (TPSA) is 72.9 Å². The number of hydrogen-bond donors (Lipinski definition) is 2. The number of carbonyl (C=O) groups is 2. The highest BCUT2D eigenvalue weighted by molar-refractivity contribution is 5.80. The van der Waals surface area contributed by atoms with Crippen LogP contribution in [0.5, 0.6) is 0 Å². The molecule has 1 heterocycles. The first kappa shape index (κ1) is 18.7. The fourth-order valence-electron chi connectivity index (χ4n) is 4.56. The van der Waals surface area contributed by atoms with Crippen LogP contribution in [0, 0.1) is 11.3 Å². The van der Waals surface area contributed by atoms with E-state index in [1.807, 2.05) is 32.3 Å². The van der Waals surface area contributed by atoms with Crippen molar-refractivity contribution in [3.05, 3.63) is 35.9 Å². The van der Waals surface area contributed by atoms with Gasteiger partial charge in [-0.15, -0.1) is 0 Å². The third kappa shape index (κ3) is 3.85. The van der Waals surface area contributed by atoms with Crippen LogP contribution in [0.3, 0.4) is 0 Å². The van der Waals surface area contributed by atoms with Crippen molar-refractivity contribution in [2.45, 2.75) is 31.7 Å². The highest BCUT2D eigenvalue weighted by Crippen LogP contribution is 2.48. The van der Waals surface area contributed by atoms with Gasteiger partial charge in [-0.1, -0.05) is 36.8 Å². The molecule has 0 radical (unpaired) electrons. The predicted octanol–water partition coefficient (Wildman–Crippen LogP) is 2.06. The van der Waals surface area contributed by atoms with Crippen molar-refractivity contribution in [3.63, 3.8) is 0 Å². The van der Waals surface area contributed by atoms with E-state index in [1.165, 1.54) is 5.56 Å². The number of carbonyl (C=O) groups excluding carboxylic acids is 1. The number of likely N-dealkylation sites (N-methyl/N-ethyl adjacent to an activating group) is 1. The van der Waals surface area contributed by atoms with Gasteiger partial charge in [0.2, 0.25) is 0 Å². The molecule has 2 amide bonds. The minimum Gasteiger partial charge on any atom is -0.481 e. The average molecular weight is 359 g/mol. The zero-order valence-electron chi connectivity index (χ0n) is 15.6. The number of nitrogens with zero attached hydrogens (tertiary/aromatic N) is 2. The summed E-state index contributed by atoms with van der Waals surface area (Å²) in [4.78, 5) is 28.4. The number of benzene rings is 1. The first-order chi connectivity index (χ1) is 12.4. The molecule has 1 aromatic rings. The van der Waals surface area contributed by atoms with Crippen LogP contribution in [-0.4, -0.2) is 66.7 Å². The van der Waals surface area contributed by atoms with E-state index in [1.54, 1.807) is 4.90 Å². The monoisotopic (exact) mass is 359 g/mol. The van der Waals surface area contributed by atoms with Crippen molar-refractivity contribution in [2.24, 2.45) is 11.3 Å². The summed E-state index contributed by atoms with van der Waals surface area (Å²) in [7, 11) is 3.98. The SMILES string of the molecule is CN(C)CC(Cc1ccccc1)NC(=O)N1C[C@@H]2CCC[C@@]2(C(=O)O)C1. The number of urea groups is 1. The van der Waals surface area contributed by atoms with Crippen molar-refractivity contribution in [1.29, 1.82) is 0 Å². The highest BCUT2D eigenvalue weighted by Gasteiger charge is 2.55. The molecule has 2 N–H and O–H groups in total. The number of nitrogens with one attached hydrogen (secondary N) is 1. The van der Waals surface area contributed by atoms with E-state index in [0.717, 1.165) is 25.8 Å². The molecule has 1 unspecified atom stereocenters. The van der Waals surface area contributed by atoms with Crippen LogP contribution in [0.2, 0.25) is 0 Å². The summed E-state index contributed by atoms with van der Waals surface area (Å²) in [6.45, 7) is 1.62. The molecule has 0 bridgehead atoms. The van der Waals surface area contributed by atoms with Crippen molar-refractivity contribution >= 4 is 12.0 Å². The van der Waals surface area contributed by atoms with Crippen LogP contribution in [0.1, 0.15) is 24.8 Å². The molecule has 1 saturated heterocycles. The van der Waals surface area contributed by atoms with E-state index in [-0.39, 0.29) is 18.0 Å². The third-order valence-corrected chi connectivity index (χ3v) is 5.82. The van der Waals surface area contributed by atoms with Crippen LogP contribution in [0.15, 0.2) is 30.3 Å². The lowest BCUT2D eigenvalue weighted by atomic mass is 9.81. The Morgan fingerprint density at radius 3 is 2.69 bits per heavy atom. The lowest BCUT2D eigenvalue weighted by molar-refractivity contribution is -0.149. The van der Waals surface area contributed by atoms with E-state index < -0.39 is 11.4 Å². The minimum absolute atomic E-state index is 0.0129. The fourth-order valence-corrected chi connectivity index (χ4v) is 4.56. The van der Waals surface area contributed by atoms with Crippen LogP contribution in [0.25, 0.3) is 0 Å². The molecule has 26 heavy (non-hydrogen) atoms. The molecule has 6 heteroatoms. The van der Waals surface area contributed by atoms with Gasteiger partial charge in [-0.25, -0.2) is 4.79 Å². The Hall–Kier alpha value is -2.08. The second-order valence-corrected chi connectivity index (χ2v) is 8.03. The summed E-state index contributed by atoms with van der Waals surface area (Å²) < 4.78 is 0. The first-order valence-electron chi connectivity index (χ1n) is 9.38. The Kier molecular flexibility index (Phi) is 5.51. The van der Waals surface area contributed by atoms with Crippen molar-refractivity contribution in [3.8, 4) is 0 Å². The molecule has 1 saturated carbocycles. The van der Waals surface area contributed by atoms with Crippen molar-refractivity contribution < 1.29 is 14.7 Å². The summed E-state index contributed by atoms with van der Waals surface area (Å²) in [6.07, 6.45) is 3.29. The van der Waals surface area contributed by atoms with E-state index in [9.17, 15) is 14.7 Å². The number of likely N-dealkylation sites (tertiary alicyclic amines) is 1. The largest absolute Gasteiger partial charge is 0.481 e. The molecule has 6 nitrogen and oxygen atoms in total. The van der Waals surface area contributed by atoms with Gasteiger partial charge < -0.3 is 20.2 Å². The van der Waals surface area contributed by atoms with E-state index in [0.29, 0.717) is 19.5 Å². The second-order valence-electron chi connectivity index (χ2n) is 8.03. The lowest BCUT2D eigenvalue weighted by Crippen LogP contribution is -2.49. The van der Waals surface area contributed by atoms with Crippen LogP contribution >= 0.6 is 0 Å². The number of fused-ring (bicyclic) bond motifs is 1. The molecule has 2 aliphatic rings. The summed E-state index contributed by atoms with van der Waals surface area (Å²) in [6, 6.07) is 9.97. The Morgan fingerprint density at radius 2 is 2.08 bits per heavy atom. The summed E-state index contributed by atoms with van der Waals surface area (Å²) in [5.41, 5.74) is 0.452. The number of hydrogen-bond acceptors (Lipinski definition) is 3. The van der Waals surface area contributed by atoms with Crippen molar-refractivity contribution in [1.82, 2.24) is 15.1 Å². The van der Waals surface area contributed by atoms with Gasteiger partial charge in [-0.05, 0) is 44.8 Å². The number of aliphatic carboxylic acids is 1. The average Bonchev–Trinajstić information content (AvgIpc) is 3.13. The number of rotatable bonds is 6. The molecule has 0 spiro atoms. The Morgan fingerprint density at radius 1 is 1.35 bits per heavy atom. The smallest absolute Gasteiger partial charge is 0.317 e. The molecular formula is C20H29N3O3. The number of carboxylic acid groups (broad SMARTS) is 1. The maximum Gasteiger partial charge on any atom is 0.317 e. The predicted molar refractivity (Wildman–Crippen MR) is 100 cm³/mol. The first-order valence-corrected chi connectivity index (χ1v) is 9.38. The second kappa shape index (κ2) is 7.66. The lowest BCUT2D eigenvalue weighted by Gasteiger charge is -2.27. The molecule has 3 rings (SSSR count). The molecule has 2 fully saturated rings. The van der Waals surface area contributed by atoms with Gasteiger partial charge in [0.15, 0.2) is 0 Å². The molecule has 1 aliphatic carbocycles. The summed E-state index contributed by atoms with van der Waals surface area (Å²) in [5.74, 6) is -0.656. The summed E-state index contributed by atoms with van der Waals surface area (Å²) >= 11 is 0.